The number of hydrogen-bond donors (Lipinski definition) is 1. The molecule has 98 valence electrons. The van der Waals surface area contributed by atoms with Crippen LogP contribution in [0.3, 0.4) is 0 Å². The summed E-state index contributed by atoms with van der Waals surface area (Å²) in [5.41, 5.74) is 0.0343. The summed E-state index contributed by atoms with van der Waals surface area (Å²) >= 11 is 0. The second-order valence-electron chi connectivity index (χ2n) is 6.55. The second kappa shape index (κ2) is 5.41. The molecule has 0 radical (unpaired) electrons. The summed E-state index contributed by atoms with van der Waals surface area (Å²) in [4.78, 5) is 12.3. The van der Waals surface area contributed by atoms with E-state index < -0.39 is 0 Å². The number of nitrogens with one attached hydrogen (secondary N) is 1. The maximum absolute atomic E-state index is 12.3. The van der Waals surface area contributed by atoms with Crippen LogP contribution < -0.4 is 5.32 Å². The molecule has 1 N–H and O–H groups in total. The maximum Gasteiger partial charge on any atom is 0.226 e. The first-order chi connectivity index (χ1) is 8.12. The van der Waals surface area contributed by atoms with Crippen LogP contribution in [-0.4, -0.2) is 12.5 Å². The summed E-state index contributed by atoms with van der Waals surface area (Å²) in [6.07, 6.45) is 9.66. The maximum atomic E-state index is 12.3. The minimum absolute atomic E-state index is 0.0343. The fraction of sp³-hybridized carbons (Fsp3) is 0.933. The summed E-state index contributed by atoms with van der Waals surface area (Å²) in [6, 6.07) is 0. The van der Waals surface area contributed by atoms with E-state index in [1.165, 1.54) is 25.7 Å². The van der Waals surface area contributed by atoms with Gasteiger partial charge >= 0.3 is 0 Å². The molecule has 0 spiro atoms. The van der Waals surface area contributed by atoms with Crippen molar-refractivity contribution in [1.82, 2.24) is 5.32 Å². The van der Waals surface area contributed by atoms with E-state index in [1.807, 2.05) is 0 Å². The molecule has 1 amide bonds. The third kappa shape index (κ3) is 3.02. The van der Waals surface area contributed by atoms with Crippen molar-refractivity contribution in [2.45, 2.75) is 65.2 Å². The molecule has 3 aliphatic rings. The first-order valence-electron chi connectivity index (χ1n) is 7.41. The van der Waals surface area contributed by atoms with Crippen molar-refractivity contribution in [1.29, 1.82) is 0 Å². The van der Waals surface area contributed by atoms with Gasteiger partial charge in [-0.05, 0) is 63.2 Å². The molecule has 3 rings (SSSR count). The second-order valence-corrected chi connectivity index (χ2v) is 6.55. The van der Waals surface area contributed by atoms with Crippen LogP contribution >= 0.6 is 0 Å². The lowest BCUT2D eigenvalue weighted by Crippen LogP contribution is -2.46. The van der Waals surface area contributed by atoms with Crippen LogP contribution in [-0.2, 0) is 4.79 Å². The van der Waals surface area contributed by atoms with Gasteiger partial charge in [0.15, 0.2) is 0 Å². The molecule has 0 aromatic carbocycles. The Balaban J connectivity index is 1.75. The molecule has 0 heterocycles. The van der Waals surface area contributed by atoms with Gasteiger partial charge in [-0.15, -0.1) is 0 Å². The van der Waals surface area contributed by atoms with Crippen molar-refractivity contribution in [3.63, 3.8) is 0 Å². The SMILES string of the molecule is CC(C)CCCNC(=O)C12CCC(CC1)CC2. The van der Waals surface area contributed by atoms with Crippen molar-refractivity contribution in [2.24, 2.45) is 17.3 Å². The van der Waals surface area contributed by atoms with Gasteiger partial charge < -0.3 is 5.32 Å². The number of hydrogen-bond acceptors (Lipinski definition) is 1. The van der Waals surface area contributed by atoms with Crippen LogP contribution in [0.5, 0.6) is 0 Å². The average molecular weight is 237 g/mol. The van der Waals surface area contributed by atoms with E-state index in [0.29, 0.717) is 5.91 Å². The Labute approximate surface area is 106 Å². The Kier molecular flexibility index (Phi) is 4.11. The third-order valence-electron chi connectivity index (χ3n) is 4.82. The molecule has 0 unspecified atom stereocenters. The van der Waals surface area contributed by atoms with Crippen LogP contribution in [0.4, 0.5) is 0 Å². The Bertz CT molecular complexity index is 250. The number of fused-ring (bicyclic) bond motifs is 3. The van der Waals surface area contributed by atoms with E-state index in [2.05, 4.69) is 19.2 Å². The first-order valence-corrected chi connectivity index (χ1v) is 7.41. The van der Waals surface area contributed by atoms with Crippen molar-refractivity contribution in [3.05, 3.63) is 0 Å². The largest absolute Gasteiger partial charge is 0.356 e. The van der Waals surface area contributed by atoms with Gasteiger partial charge in [0.2, 0.25) is 5.91 Å². The number of amides is 1. The number of carbonyl (C=O) groups excluding carboxylic acids is 1. The van der Waals surface area contributed by atoms with Gasteiger partial charge in [-0.1, -0.05) is 13.8 Å². The van der Waals surface area contributed by atoms with Gasteiger partial charge in [0.25, 0.3) is 0 Å². The molecule has 0 aliphatic heterocycles. The fourth-order valence-electron chi connectivity index (χ4n) is 3.49. The van der Waals surface area contributed by atoms with Crippen LogP contribution in [0.25, 0.3) is 0 Å². The zero-order chi connectivity index (χ0) is 12.3. The van der Waals surface area contributed by atoms with Gasteiger partial charge in [0, 0.05) is 12.0 Å². The van der Waals surface area contributed by atoms with E-state index in [0.717, 1.165) is 44.1 Å². The number of carbonyl (C=O) groups is 1. The molecule has 2 heteroatoms. The van der Waals surface area contributed by atoms with Gasteiger partial charge in [0.1, 0.15) is 0 Å². The molecule has 2 nitrogen and oxygen atoms in total. The van der Waals surface area contributed by atoms with Gasteiger partial charge in [-0.3, -0.25) is 4.79 Å². The lowest BCUT2D eigenvalue weighted by molar-refractivity contribution is -0.136. The van der Waals surface area contributed by atoms with Crippen molar-refractivity contribution >= 4 is 5.91 Å². The lowest BCUT2D eigenvalue weighted by Gasteiger charge is -2.45. The molecule has 0 saturated heterocycles. The van der Waals surface area contributed by atoms with Gasteiger partial charge in [-0.2, -0.15) is 0 Å². The molecule has 2 bridgehead atoms. The summed E-state index contributed by atoms with van der Waals surface area (Å²) in [5, 5.41) is 3.19. The Morgan fingerprint density at radius 2 is 1.82 bits per heavy atom. The van der Waals surface area contributed by atoms with Gasteiger partial charge in [0.05, 0.1) is 0 Å². The highest BCUT2D eigenvalue weighted by atomic mass is 16.2. The van der Waals surface area contributed by atoms with E-state index in [-0.39, 0.29) is 5.41 Å². The normalized spacial score (nSPS) is 31.8. The summed E-state index contributed by atoms with van der Waals surface area (Å²) in [6.45, 7) is 5.36. The minimum atomic E-state index is 0.0343. The van der Waals surface area contributed by atoms with Crippen LogP contribution in [0, 0.1) is 17.3 Å². The smallest absolute Gasteiger partial charge is 0.226 e. The molecule has 17 heavy (non-hydrogen) atoms. The predicted molar refractivity (Wildman–Crippen MR) is 70.7 cm³/mol. The molecular weight excluding hydrogens is 210 g/mol. The topological polar surface area (TPSA) is 29.1 Å². The Morgan fingerprint density at radius 3 is 2.35 bits per heavy atom. The van der Waals surface area contributed by atoms with Crippen LogP contribution in [0.2, 0.25) is 0 Å². The van der Waals surface area contributed by atoms with Crippen molar-refractivity contribution in [3.8, 4) is 0 Å². The predicted octanol–water partition coefficient (Wildman–Crippen LogP) is 3.51. The fourth-order valence-corrected chi connectivity index (χ4v) is 3.49. The van der Waals surface area contributed by atoms with E-state index in [4.69, 9.17) is 0 Å². The lowest BCUT2D eigenvalue weighted by atomic mass is 9.60. The highest BCUT2D eigenvalue weighted by Gasteiger charge is 2.45. The van der Waals surface area contributed by atoms with Crippen LogP contribution in [0.1, 0.15) is 65.2 Å². The zero-order valence-electron chi connectivity index (χ0n) is 11.4. The van der Waals surface area contributed by atoms with E-state index in [1.54, 1.807) is 0 Å². The third-order valence-corrected chi connectivity index (χ3v) is 4.82. The van der Waals surface area contributed by atoms with Crippen molar-refractivity contribution < 1.29 is 4.79 Å². The summed E-state index contributed by atoms with van der Waals surface area (Å²) < 4.78 is 0. The zero-order valence-corrected chi connectivity index (χ0v) is 11.4. The van der Waals surface area contributed by atoms with Crippen LogP contribution in [0.15, 0.2) is 0 Å². The number of rotatable bonds is 5. The highest BCUT2D eigenvalue weighted by Crippen LogP contribution is 2.50. The average Bonchev–Trinajstić information content (AvgIpc) is 2.36. The summed E-state index contributed by atoms with van der Waals surface area (Å²) in [7, 11) is 0. The van der Waals surface area contributed by atoms with Gasteiger partial charge in [-0.25, -0.2) is 0 Å². The van der Waals surface area contributed by atoms with E-state index in [9.17, 15) is 4.79 Å². The quantitative estimate of drug-likeness (QED) is 0.728. The molecule has 0 aromatic rings. The molecule has 3 fully saturated rings. The molecule has 3 saturated carbocycles. The molecule has 0 atom stereocenters. The Morgan fingerprint density at radius 1 is 1.24 bits per heavy atom. The first kappa shape index (κ1) is 12.9. The highest BCUT2D eigenvalue weighted by molar-refractivity contribution is 5.82. The molecule has 0 aromatic heterocycles. The molecule has 3 aliphatic carbocycles. The van der Waals surface area contributed by atoms with Crippen molar-refractivity contribution in [2.75, 3.05) is 6.54 Å². The monoisotopic (exact) mass is 237 g/mol. The summed E-state index contributed by atoms with van der Waals surface area (Å²) in [5.74, 6) is 2.04. The Hall–Kier alpha value is -0.530. The minimum Gasteiger partial charge on any atom is -0.356 e. The molecular formula is C15H27NO. The standard InChI is InChI=1S/C15H27NO/c1-12(2)4-3-11-16-14(17)15-8-5-13(6-9-15)7-10-15/h12-13H,3-11H2,1-2H3,(H,16,17). The van der Waals surface area contributed by atoms with E-state index >= 15 is 0 Å².